The first kappa shape index (κ1) is 40.5. The van der Waals surface area contributed by atoms with Crippen molar-refractivity contribution < 1.29 is 0 Å². The topological polar surface area (TPSA) is 3.24 Å². The van der Waals surface area contributed by atoms with Gasteiger partial charge in [0.25, 0.3) is 0 Å². The molecule has 0 spiro atoms. The van der Waals surface area contributed by atoms with E-state index in [4.69, 9.17) is 0 Å². The minimum atomic E-state index is -0.551. The van der Waals surface area contributed by atoms with Crippen molar-refractivity contribution in [2.24, 2.45) is 0 Å². The van der Waals surface area contributed by atoms with Gasteiger partial charge in [-0.1, -0.05) is 261 Å². The zero-order chi connectivity index (χ0) is 45.8. The third-order valence-corrected chi connectivity index (χ3v) is 14.9. The van der Waals surface area contributed by atoms with Gasteiger partial charge in [0.05, 0.1) is 22.2 Å². The van der Waals surface area contributed by atoms with Crippen molar-refractivity contribution in [2.45, 2.75) is 10.8 Å². The van der Waals surface area contributed by atoms with Crippen LogP contribution in [0.3, 0.4) is 0 Å². The molecule has 1 heteroatoms. The van der Waals surface area contributed by atoms with Gasteiger partial charge in [0.2, 0.25) is 0 Å². The summed E-state index contributed by atoms with van der Waals surface area (Å²) in [5.74, 6) is 0. The summed E-state index contributed by atoms with van der Waals surface area (Å²) >= 11 is 0. The third-order valence-electron chi connectivity index (χ3n) is 14.9. The van der Waals surface area contributed by atoms with Gasteiger partial charge in [0.1, 0.15) is 0 Å². The number of hydrogen-bond acceptors (Lipinski definition) is 1. The Morgan fingerprint density at radius 3 is 1.13 bits per heavy atom. The van der Waals surface area contributed by atoms with E-state index in [0.717, 1.165) is 22.6 Å². The number of anilines is 3. The van der Waals surface area contributed by atoms with Crippen LogP contribution in [0.2, 0.25) is 0 Å². The third kappa shape index (κ3) is 6.10. The number of nitrogens with zero attached hydrogens (tertiary/aromatic N) is 1. The van der Waals surface area contributed by atoms with Crippen LogP contribution in [0.4, 0.5) is 17.1 Å². The average Bonchev–Trinajstić information content (AvgIpc) is 3.92. The van der Waals surface area contributed by atoms with E-state index in [1.54, 1.807) is 0 Å². The van der Waals surface area contributed by atoms with Gasteiger partial charge in [0, 0.05) is 16.8 Å². The molecule has 0 fully saturated rings. The van der Waals surface area contributed by atoms with Crippen molar-refractivity contribution in [3.63, 3.8) is 0 Å². The summed E-state index contributed by atoms with van der Waals surface area (Å²) < 4.78 is 0. The van der Waals surface area contributed by atoms with Gasteiger partial charge in [-0.15, -0.1) is 0 Å². The van der Waals surface area contributed by atoms with E-state index in [1.165, 1.54) is 83.5 Å². The van der Waals surface area contributed by atoms with Gasteiger partial charge in [0.15, 0.2) is 0 Å². The second-order valence-electron chi connectivity index (χ2n) is 18.2. The minimum Gasteiger partial charge on any atom is -0.309 e. The summed E-state index contributed by atoms with van der Waals surface area (Å²) in [6, 6.07) is 105. The maximum absolute atomic E-state index is 2.54. The number of para-hydroxylation sites is 1. The Hall–Kier alpha value is -8.78. The Kier molecular flexibility index (Phi) is 9.70. The highest BCUT2D eigenvalue weighted by molar-refractivity contribution is 6.01. The minimum absolute atomic E-state index is 0.512. The highest BCUT2D eigenvalue weighted by atomic mass is 15.1. The molecular weight excluding hydrogens is 831 g/mol. The summed E-state index contributed by atoms with van der Waals surface area (Å²) in [7, 11) is 0. The van der Waals surface area contributed by atoms with Crippen LogP contribution in [-0.4, -0.2) is 0 Å². The molecule has 0 atom stereocenters. The van der Waals surface area contributed by atoms with Crippen molar-refractivity contribution >= 4 is 17.1 Å². The molecule has 0 heterocycles. The highest BCUT2D eigenvalue weighted by Gasteiger charge is 2.48. The molecule has 0 radical (unpaired) electrons. The molecular formula is C68H47N. The van der Waals surface area contributed by atoms with Gasteiger partial charge in [-0.05, 0) is 102 Å². The number of fused-ring (bicyclic) bond motifs is 6. The Morgan fingerprint density at radius 1 is 0.217 bits per heavy atom. The first-order valence-corrected chi connectivity index (χ1v) is 24.0. The first-order chi connectivity index (χ1) is 34.3. The van der Waals surface area contributed by atoms with E-state index in [9.17, 15) is 0 Å². The second-order valence-corrected chi connectivity index (χ2v) is 18.2. The predicted molar refractivity (Wildman–Crippen MR) is 287 cm³/mol. The molecule has 0 amide bonds. The second kappa shape index (κ2) is 16.5. The molecule has 0 N–H and O–H groups in total. The molecule has 0 aromatic heterocycles. The lowest BCUT2D eigenvalue weighted by Gasteiger charge is -2.35. The summed E-state index contributed by atoms with van der Waals surface area (Å²) in [6.45, 7) is 0. The Balaban J connectivity index is 1.09. The zero-order valence-electron chi connectivity index (χ0n) is 38.1. The Morgan fingerprint density at radius 2 is 0.580 bits per heavy atom. The standard InChI is InChI=1S/C68H47N/c1-5-24-48(25-6-1)54-32-13-14-33-55(54)58-36-18-22-42-64(58)69(53-46-44-52(45-47-53)67(49-26-7-2-8-27-49)60-38-19-15-34-56(60)57-35-16-20-39-61(57)67)65-43-23-41-63-66(65)59-37-17-21-40-62(59)68(63,50-28-9-3-10-29-50)51-30-11-4-12-31-51/h1-47H. The maximum Gasteiger partial charge on any atom is 0.0714 e. The largest absolute Gasteiger partial charge is 0.309 e. The molecule has 0 unspecified atom stereocenters. The molecule has 13 rings (SSSR count). The van der Waals surface area contributed by atoms with E-state index in [-0.39, 0.29) is 0 Å². The highest BCUT2D eigenvalue weighted by Crippen LogP contribution is 2.61. The van der Waals surface area contributed by atoms with Crippen LogP contribution in [0.1, 0.15) is 44.5 Å². The molecule has 69 heavy (non-hydrogen) atoms. The number of rotatable bonds is 9. The molecule has 0 bridgehead atoms. The fraction of sp³-hybridized carbons (Fsp3) is 0.0294. The number of hydrogen-bond donors (Lipinski definition) is 0. The van der Waals surface area contributed by atoms with Crippen LogP contribution < -0.4 is 4.90 Å². The molecule has 2 aliphatic carbocycles. The summed E-state index contributed by atoms with van der Waals surface area (Å²) in [5, 5.41) is 0. The van der Waals surface area contributed by atoms with Crippen molar-refractivity contribution in [3.8, 4) is 44.5 Å². The quantitative estimate of drug-likeness (QED) is 0.140. The monoisotopic (exact) mass is 877 g/mol. The smallest absolute Gasteiger partial charge is 0.0714 e. The van der Waals surface area contributed by atoms with Gasteiger partial charge in [-0.25, -0.2) is 0 Å². The van der Waals surface area contributed by atoms with Crippen LogP contribution in [0, 0.1) is 0 Å². The number of benzene rings is 11. The molecule has 2 aliphatic rings. The van der Waals surface area contributed by atoms with E-state index >= 15 is 0 Å². The molecule has 0 aliphatic heterocycles. The zero-order valence-corrected chi connectivity index (χ0v) is 38.1. The molecule has 324 valence electrons. The van der Waals surface area contributed by atoms with Gasteiger partial charge >= 0.3 is 0 Å². The predicted octanol–water partition coefficient (Wildman–Crippen LogP) is 17.2. The van der Waals surface area contributed by atoms with E-state index in [1.807, 2.05) is 0 Å². The first-order valence-electron chi connectivity index (χ1n) is 24.0. The average molecular weight is 878 g/mol. The maximum atomic E-state index is 2.54. The van der Waals surface area contributed by atoms with Crippen molar-refractivity contribution in [1.29, 1.82) is 0 Å². The van der Waals surface area contributed by atoms with E-state index < -0.39 is 10.8 Å². The van der Waals surface area contributed by atoms with Gasteiger partial charge < -0.3 is 4.90 Å². The van der Waals surface area contributed by atoms with Crippen molar-refractivity contribution in [3.05, 3.63) is 330 Å². The Labute approximate surface area is 404 Å². The van der Waals surface area contributed by atoms with Crippen molar-refractivity contribution in [1.82, 2.24) is 0 Å². The SMILES string of the molecule is c1ccc(-c2ccccc2-c2ccccc2N(c2ccc(C3(c4ccccc4)c4ccccc4-c4ccccc43)cc2)c2cccc3c2-c2ccccc2C3(c2ccccc2)c2ccccc2)cc1. The lowest BCUT2D eigenvalue weighted by Crippen LogP contribution is -2.28. The molecule has 0 saturated heterocycles. The molecule has 11 aromatic rings. The van der Waals surface area contributed by atoms with Crippen LogP contribution >= 0.6 is 0 Å². The van der Waals surface area contributed by atoms with E-state index in [0.29, 0.717) is 0 Å². The summed E-state index contributed by atoms with van der Waals surface area (Å²) in [6.07, 6.45) is 0. The molecule has 11 aromatic carbocycles. The van der Waals surface area contributed by atoms with E-state index in [2.05, 4.69) is 290 Å². The van der Waals surface area contributed by atoms with Crippen LogP contribution in [0.25, 0.3) is 44.5 Å². The summed E-state index contributed by atoms with van der Waals surface area (Å²) in [5.41, 5.74) is 22.1. The normalized spacial score (nSPS) is 13.4. The molecule has 1 nitrogen and oxygen atoms in total. The fourth-order valence-electron chi connectivity index (χ4n) is 12.1. The summed E-state index contributed by atoms with van der Waals surface area (Å²) in [4.78, 5) is 2.54. The fourth-order valence-corrected chi connectivity index (χ4v) is 12.1. The Bertz CT molecular complexity index is 3570. The lowest BCUT2D eigenvalue weighted by molar-refractivity contribution is 0.768. The van der Waals surface area contributed by atoms with Crippen LogP contribution in [-0.2, 0) is 10.8 Å². The van der Waals surface area contributed by atoms with Crippen LogP contribution in [0.15, 0.2) is 285 Å². The van der Waals surface area contributed by atoms with Gasteiger partial charge in [-0.3, -0.25) is 0 Å². The van der Waals surface area contributed by atoms with Crippen molar-refractivity contribution in [2.75, 3.05) is 4.90 Å². The molecule has 0 saturated carbocycles. The van der Waals surface area contributed by atoms with Gasteiger partial charge in [-0.2, -0.15) is 0 Å². The lowest BCUT2D eigenvalue weighted by atomic mass is 9.67. The van der Waals surface area contributed by atoms with Crippen LogP contribution in [0.5, 0.6) is 0 Å².